The van der Waals surface area contributed by atoms with Gasteiger partial charge in [-0.3, -0.25) is 19.3 Å². The Kier molecular flexibility index (Phi) is 7.25. The van der Waals surface area contributed by atoms with E-state index in [0.717, 1.165) is 25.1 Å². The normalized spacial score (nSPS) is 19.5. The number of nitrogens with two attached hydrogens (primary N) is 1. The predicted octanol–water partition coefficient (Wildman–Crippen LogP) is 2.52. The van der Waals surface area contributed by atoms with Crippen LogP contribution in [0.4, 0.5) is 5.13 Å². The number of amides is 2. The third-order valence-electron chi connectivity index (χ3n) is 5.63. The number of nitrogens with one attached hydrogen (secondary N) is 1. The van der Waals surface area contributed by atoms with E-state index in [1.165, 1.54) is 46.3 Å². The van der Waals surface area contributed by atoms with Crippen molar-refractivity contribution >= 4 is 84.9 Å². The lowest BCUT2D eigenvalue weighted by Crippen LogP contribution is -2.71. The van der Waals surface area contributed by atoms with Crippen molar-refractivity contribution in [2.75, 3.05) is 11.5 Å². The molecule has 1 fully saturated rings. The van der Waals surface area contributed by atoms with Crippen LogP contribution in [0.15, 0.2) is 72.6 Å². The van der Waals surface area contributed by atoms with Crippen molar-refractivity contribution in [1.29, 1.82) is 0 Å². The van der Waals surface area contributed by atoms with Gasteiger partial charge < -0.3 is 21.4 Å². The molecule has 1 unspecified atom stereocenters. The molecule has 11 nitrogen and oxygen atoms in total. The van der Waals surface area contributed by atoms with Gasteiger partial charge in [0.2, 0.25) is 0 Å². The Bertz CT molecular complexity index is 1630. The monoisotopic (exact) mass is 587 g/mol. The highest BCUT2D eigenvalue weighted by Gasteiger charge is 2.54. The molecule has 4 heterocycles. The fourth-order valence-electron chi connectivity index (χ4n) is 3.91. The Hall–Kier alpha value is -3.66. The summed E-state index contributed by atoms with van der Waals surface area (Å²) >= 11 is 5.08. The van der Waals surface area contributed by atoms with Crippen LogP contribution in [0.1, 0.15) is 5.69 Å². The number of thioether (sulfide) groups is 2. The van der Waals surface area contributed by atoms with Crippen LogP contribution in [0.3, 0.4) is 0 Å². The van der Waals surface area contributed by atoms with Crippen LogP contribution in [-0.4, -0.2) is 60.9 Å². The number of rotatable bonds is 7. The molecule has 2 aliphatic heterocycles. The maximum Gasteiger partial charge on any atom is 0.352 e. The van der Waals surface area contributed by atoms with E-state index < -0.39 is 34.9 Å². The number of nitrogens with zero attached hydrogens (tertiary/aromatic N) is 3. The number of aromatic nitrogens is 1. The van der Waals surface area contributed by atoms with Gasteiger partial charge in [-0.15, -0.1) is 34.4 Å². The Morgan fingerprint density at radius 2 is 2.08 bits per heavy atom. The van der Waals surface area contributed by atoms with Crippen molar-refractivity contribution in [1.82, 2.24) is 15.2 Å². The highest BCUT2D eigenvalue weighted by atomic mass is 32.2. The van der Waals surface area contributed by atoms with Gasteiger partial charge >= 0.3 is 5.97 Å². The number of oxime groups is 1. The van der Waals surface area contributed by atoms with Crippen molar-refractivity contribution < 1.29 is 24.7 Å². The van der Waals surface area contributed by atoms with E-state index in [4.69, 9.17) is 5.73 Å². The summed E-state index contributed by atoms with van der Waals surface area (Å²) in [5.74, 6) is -2.44. The van der Waals surface area contributed by atoms with Crippen LogP contribution in [0.2, 0.25) is 0 Å². The Morgan fingerprint density at radius 3 is 2.79 bits per heavy atom. The summed E-state index contributed by atoms with van der Waals surface area (Å²) in [5.41, 5.74) is 5.37. The van der Waals surface area contributed by atoms with Crippen molar-refractivity contribution in [3.05, 3.63) is 74.4 Å². The molecule has 2 aromatic heterocycles. The number of fused-ring (bicyclic) bond motifs is 2. The molecular weight excluding hydrogens is 571 g/mol. The number of carbonyl (C=O) groups is 3. The van der Waals surface area contributed by atoms with Crippen molar-refractivity contribution in [2.45, 2.75) is 15.6 Å². The predicted molar refractivity (Wildman–Crippen MR) is 148 cm³/mol. The summed E-state index contributed by atoms with van der Waals surface area (Å²) in [6.07, 6.45) is 1.62. The zero-order chi connectivity index (χ0) is 27.0. The molecule has 5 rings (SSSR count). The SMILES string of the molecule is Nc1nc(C(=NO)C(=O)NC2C(=O)N3C(C(=O)O)=C(C=CSc4cc(=O)c5ccccc5s4)CS[C@@H]23)cs1. The lowest BCUT2D eigenvalue weighted by atomic mass is 10.0. The van der Waals surface area contributed by atoms with E-state index in [2.05, 4.69) is 15.5 Å². The molecule has 2 amide bonds. The van der Waals surface area contributed by atoms with Crippen LogP contribution in [0.5, 0.6) is 0 Å². The highest BCUT2D eigenvalue weighted by molar-refractivity contribution is 8.04. The molecule has 0 radical (unpaired) electrons. The number of nitrogen functional groups attached to an aromatic ring is 1. The molecule has 2 atom stereocenters. The summed E-state index contributed by atoms with van der Waals surface area (Å²) in [6.45, 7) is 0. The molecule has 1 saturated heterocycles. The molecule has 38 heavy (non-hydrogen) atoms. The Labute approximate surface area is 230 Å². The van der Waals surface area contributed by atoms with Gasteiger partial charge in [-0.1, -0.05) is 29.1 Å². The van der Waals surface area contributed by atoms with Crippen molar-refractivity contribution in [3.63, 3.8) is 0 Å². The standard InChI is InChI=1S/C23H17N5O6S4/c24-23-25-12(9-37-23)16(27-34)19(30)26-17-20(31)28-18(22(32)33)10(8-36-21(17)28)5-6-35-15-7-13(29)11-3-1-2-4-14(11)38-15/h1-7,9,17,21,34H,8H2,(H2,24,25)(H,26,30)(H,32,33)/t17?,21-/m0/s1. The summed E-state index contributed by atoms with van der Waals surface area (Å²) in [5, 5.41) is 27.9. The fraction of sp³-hybridized carbons (Fsp3) is 0.130. The summed E-state index contributed by atoms with van der Waals surface area (Å²) in [6, 6.07) is 7.82. The molecule has 15 heteroatoms. The second-order valence-electron chi connectivity index (χ2n) is 7.91. The second kappa shape index (κ2) is 10.6. The molecule has 0 spiro atoms. The summed E-state index contributed by atoms with van der Waals surface area (Å²) in [7, 11) is 0. The second-order valence-corrected chi connectivity index (χ2v) is 12.2. The van der Waals surface area contributed by atoms with Crippen LogP contribution >= 0.6 is 46.2 Å². The van der Waals surface area contributed by atoms with E-state index in [1.54, 1.807) is 23.6 Å². The minimum absolute atomic E-state index is 0.0555. The van der Waals surface area contributed by atoms with Gasteiger partial charge in [-0.25, -0.2) is 9.78 Å². The van der Waals surface area contributed by atoms with Gasteiger partial charge in [0.1, 0.15) is 22.8 Å². The molecule has 1 aromatic carbocycles. The maximum atomic E-state index is 12.9. The maximum absolute atomic E-state index is 12.9. The van der Waals surface area contributed by atoms with E-state index in [1.807, 2.05) is 12.1 Å². The number of anilines is 1. The number of hydrogen-bond donors (Lipinski definition) is 4. The van der Waals surface area contributed by atoms with Crippen LogP contribution in [0.25, 0.3) is 10.1 Å². The first-order valence-electron chi connectivity index (χ1n) is 10.8. The van der Waals surface area contributed by atoms with Crippen LogP contribution in [-0.2, 0) is 14.4 Å². The third-order valence-corrected chi connectivity index (χ3v) is 9.66. The number of carbonyl (C=O) groups excluding carboxylic acids is 2. The third kappa shape index (κ3) is 4.80. The minimum atomic E-state index is -1.27. The van der Waals surface area contributed by atoms with E-state index in [-0.39, 0.29) is 27.7 Å². The first-order valence-corrected chi connectivity index (χ1v) is 14.4. The minimum Gasteiger partial charge on any atom is -0.477 e. The zero-order valence-electron chi connectivity index (χ0n) is 19.1. The lowest BCUT2D eigenvalue weighted by molar-refractivity contribution is -0.150. The van der Waals surface area contributed by atoms with E-state index in [0.29, 0.717) is 11.0 Å². The van der Waals surface area contributed by atoms with Gasteiger partial charge in [0, 0.05) is 27.3 Å². The van der Waals surface area contributed by atoms with Gasteiger partial charge in [0.05, 0.1) is 4.21 Å². The number of allylic oxidation sites excluding steroid dienone is 1. The molecular formula is C23H17N5O6S4. The molecule has 3 aromatic rings. The zero-order valence-corrected chi connectivity index (χ0v) is 22.3. The van der Waals surface area contributed by atoms with Gasteiger partial charge in [-0.2, -0.15) is 0 Å². The van der Waals surface area contributed by atoms with Crippen molar-refractivity contribution in [3.8, 4) is 0 Å². The number of carboxylic acid groups (broad SMARTS) is 1. The number of hydrogen-bond acceptors (Lipinski definition) is 12. The highest BCUT2D eigenvalue weighted by Crippen LogP contribution is 2.41. The first-order chi connectivity index (χ1) is 18.3. The molecule has 2 aliphatic rings. The Balaban J connectivity index is 1.31. The number of carboxylic acids is 1. The number of thiazole rings is 1. The molecule has 0 bridgehead atoms. The lowest BCUT2D eigenvalue weighted by Gasteiger charge is -2.49. The van der Waals surface area contributed by atoms with Crippen molar-refractivity contribution in [2.24, 2.45) is 5.16 Å². The van der Waals surface area contributed by atoms with Gasteiger partial charge in [-0.05, 0) is 29.2 Å². The molecule has 0 aliphatic carbocycles. The summed E-state index contributed by atoms with van der Waals surface area (Å²) in [4.78, 5) is 55.0. The Morgan fingerprint density at radius 1 is 1.29 bits per heavy atom. The quantitative estimate of drug-likeness (QED) is 0.106. The fourth-order valence-corrected chi connectivity index (χ4v) is 7.76. The molecule has 5 N–H and O–H groups in total. The van der Waals surface area contributed by atoms with Gasteiger partial charge in [0.15, 0.2) is 16.3 Å². The van der Waals surface area contributed by atoms with Crippen LogP contribution < -0.4 is 16.5 Å². The topological polar surface area (TPSA) is 175 Å². The van der Waals surface area contributed by atoms with E-state index in [9.17, 15) is 29.5 Å². The summed E-state index contributed by atoms with van der Waals surface area (Å²) < 4.78 is 1.60. The average Bonchev–Trinajstić information content (AvgIpc) is 3.32. The molecule has 194 valence electrons. The number of β-lactam (4-membered cyclic amide) rings is 1. The largest absolute Gasteiger partial charge is 0.477 e. The van der Waals surface area contributed by atoms with E-state index >= 15 is 0 Å². The molecule has 0 saturated carbocycles. The first kappa shape index (κ1) is 26.0. The number of aliphatic carboxylic acids is 1. The van der Waals surface area contributed by atoms with Crippen LogP contribution in [0, 0.1) is 0 Å². The number of benzene rings is 1. The smallest absolute Gasteiger partial charge is 0.352 e. The average molecular weight is 588 g/mol. The van der Waals surface area contributed by atoms with Gasteiger partial charge in [0.25, 0.3) is 11.8 Å².